The lowest BCUT2D eigenvalue weighted by Crippen LogP contribution is -2.36. The number of nitrogens with zero attached hydrogens (tertiary/aromatic N) is 2. The molecular formula is C19H19N3O3S. The van der Waals surface area contributed by atoms with E-state index in [9.17, 15) is 9.59 Å². The SMILES string of the molecule is CCc1cc2c(=O)n(CC(=O)N[C@@H]3CCOc4ccccc43)cnc2s1. The van der Waals surface area contributed by atoms with Crippen molar-refractivity contribution in [2.75, 3.05) is 6.61 Å². The van der Waals surface area contributed by atoms with Crippen molar-refractivity contribution in [1.82, 2.24) is 14.9 Å². The van der Waals surface area contributed by atoms with Gasteiger partial charge in [-0.3, -0.25) is 14.2 Å². The summed E-state index contributed by atoms with van der Waals surface area (Å²) in [5.74, 6) is 0.593. The van der Waals surface area contributed by atoms with Gasteiger partial charge in [0.2, 0.25) is 5.91 Å². The van der Waals surface area contributed by atoms with Crippen molar-refractivity contribution >= 4 is 27.5 Å². The van der Waals surface area contributed by atoms with Crippen molar-refractivity contribution in [1.29, 1.82) is 0 Å². The highest BCUT2D eigenvalue weighted by Gasteiger charge is 2.23. The fraction of sp³-hybridized carbons (Fsp3) is 0.316. The van der Waals surface area contributed by atoms with Gasteiger partial charge in [-0.2, -0.15) is 0 Å². The molecule has 0 aliphatic carbocycles. The van der Waals surface area contributed by atoms with Crippen LogP contribution in [0.25, 0.3) is 10.2 Å². The van der Waals surface area contributed by atoms with Crippen LogP contribution in [0.1, 0.15) is 29.8 Å². The van der Waals surface area contributed by atoms with Gasteiger partial charge in [-0.15, -0.1) is 11.3 Å². The van der Waals surface area contributed by atoms with E-state index in [-0.39, 0.29) is 24.1 Å². The van der Waals surface area contributed by atoms with Crippen molar-refractivity contribution in [3.8, 4) is 5.75 Å². The first-order chi connectivity index (χ1) is 12.7. The zero-order valence-corrected chi connectivity index (χ0v) is 15.2. The van der Waals surface area contributed by atoms with Crippen LogP contribution in [0.2, 0.25) is 0 Å². The maximum atomic E-state index is 12.6. The molecule has 1 aliphatic heterocycles. The second kappa shape index (κ2) is 6.92. The van der Waals surface area contributed by atoms with Crippen LogP contribution in [-0.4, -0.2) is 22.1 Å². The Bertz CT molecular complexity index is 1020. The molecule has 3 aromatic rings. The number of aryl methyl sites for hydroxylation is 1. The Balaban J connectivity index is 1.53. The highest BCUT2D eigenvalue weighted by molar-refractivity contribution is 7.18. The average molecular weight is 369 g/mol. The van der Waals surface area contributed by atoms with Crippen LogP contribution in [-0.2, 0) is 17.8 Å². The van der Waals surface area contributed by atoms with Crippen LogP contribution >= 0.6 is 11.3 Å². The summed E-state index contributed by atoms with van der Waals surface area (Å²) in [6.07, 6.45) is 3.03. The third-order valence-electron chi connectivity index (χ3n) is 4.53. The van der Waals surface area contributed by atoms with Crippen molar-refractivity contribution < 1.29 is 9.53 Å². The van der Waals surface area contributed by atoms with Crippen LogP contribution in [0.15, 0.2) is 41.5 Å². The quantitative estimate of drug-likeness (QED) is 0.767. The molecule has 1 atom stereocenters. The van der Waals surface area contributed by atoms with Crippen LogP contribution in [0.5, 0.6) is 5.75 Å². The maximum Gasteiger partial charge on any atom is 0.262 e. The lowest BCUT2D eigenvalue weighted by atomic mass is 10.0. The normalized spacial score (nSPS) is 16.1. The lowest BCUT2D eigenvalue weighted by molar-refractivity contribution is -0.122. The average Bonchev–Trinajstić information content (AvgIpc) is 3.09. The molecule has 134 valence electrons. The van der Waals surface area contributed by atoms with Gasteiger partial charge >= 0.3 is 0 Å². The number of aromatic nitrogens is 2. The molecule has 0 saturated carbocycles. The van der Waals surface area contributed by atoms with Gasteiger partial charge in [-0.05, 0) is 18.6 Å². The third-order valence-corrected chi connectivity index (χ3v) is 5.71. The molecule has 0 unspecified atom stereocenters. The number of thiophene rings is 1. The number of ether oxygens (including phenoxy) is 1. The second-order valence-corrected chi connectivity index (χ2v) is 7.37. The van der Waals surface area contributed by atoms with E-state index in [1.54, 1.807) is 0 Å². The number of amides is 1. The number of hydrogen-bond acceptors (Lipinski definition) is 5. The Kier molecular flexibility index (Phi) is 4.46. The number of fused-ring (bicyclic) bond motifs is 2. The monoisotopic (exact) mass is 369 g/mol. The van der Waals surface area contributed by atoms with Gasteiger partial charge in [-0.1, -0.05) is 25.1 Å². The predicted octanol–water partition coefficient (Wildman–Crippen LogP) is 2.66. The number of para-hydroxylation sites is 1. The number of hydrogen-bond donors (Lipinski definition) is 1. The number of benzene rings is 1. The summed E-state index contributed by atoms with van der Waals surface area (Å²) in [6, 6.07) is 9.46. The van der Waals surface area contributed by atoms with Crippen molar-refractivity contribution in [3.63, 3.8) is 0 Å². The smallest absolute Gasteiger partial charge is 0.262 e. The molecule has 1 aliphatic rings. The van der Waals surface area contributed by atoms with Crippen LogP contribution in [0.4, 0.5) is 0 Å². The number of carbonyl (C=O) groups excluding carboxylic acids is 1. The van der Waals surface area contributed by atoms with E-state index in [1.165, 1.54) is 22.2 Å². The Labute approximate surface area is 154 Å². The first-order valence-corrected chi connectivity index (χ1v) is 9.46. The molecule has 0 bridgehead atoms. The predicted molar refractivity (Wildman–Crippen MR) is 101 cm³/mol. The number of nitrogens with one attached hydrogen (secondary N) is 1. The van der Waals surface area contributed by atoms with Crippen molar-refractivity contribution in [2.45, 2.75) is 32.4 Å². The van der Waals surface area contributed by atoms with E-state index >= 15 is 0 Å². The van der Waals surface area contributed by atoms with Gasteiger partial charge in [0.1, 0.15) is 17.1 Å². The zero-order chi connectivity index (χ0) is 18.1. The van der Waals surface area contributed by atoms with Gasteiger partial charge in [0.15, 0.2) is 0 Å². The third kappa shape index (κ3) is 3.10. The lowest BCUT2D eigenvalue weighted by Gasteiger charge is -2.26. The molecule has 4 rings (SSSR count). The highest BCUT2D eigenvalue weighted by Crippen LogP contribution is 2.31. The van der Waals surface area contributed by atoms with Crippen LogP contribution < -0.4 is 15.6 Å². The van der Waals surface area contributed by atoms with E-state index < -0.39 is 0 Å². The molecule has 1 N–H and O–H groups in total. The van der Waals surface area contributed by atoms with Crippen molar-refractivity contribution in [2.24, 2.45) is 0 Å². The summed E-state index contributed by atoms with van der Waals surface area (Å²) in [6.45, 7) is 2.56. The minimum atomic E-state index is -0.208. The molecule has 0 radical (unpaired) electrons. The first-order valence-electron chi connectivity index (χ1n) is 8.64. The molecule has 2 aromatic heterocycles. The molecule has 7 heteroatoms. The molecule has 0 fully saturated rings. The van der Waals surface area contributed by atoms with Gasteiger partial charge < -0.3 is 10.1 Å². The highest BCUT2D eigenvalue weighted by atomic mass is 32.1. The minimum Gasteiger partial charge on any atom is -0.493 e. The summed E-state index contributed by atoms with van der Waals surface area (Å²) >= 11 is 1.52. The Hall–Kier alpha value is -2.67. The fourth-order valence-electron chi connectivity index (χ4n) is 3.18. The topological polar surface area (TPSA) is 73.2 Å². The molecule has 0 spiro atoms. The second-order valence-electron chi connectivity index (χ2n) is 6.26. The van der Waals surface area contributed by atoms with Crippen molar-refractivity contribution in [3.05, 3.63) is 57.5 Å². The molecule has 1 amide bonds. The largest absolute Gasteiger partial charge is 0.493 e. The van der Waals surface area contributed by atoms with E-state index in [1.807, 2.05) is 37.3 Å². The molecule has 0 saturated heterocycles. The number of carbonyl (C=O) groups is 1. The maximum absolute atomic E-state index is 12.6. The summed E-state index contributed by atoms with van der Waals surface area (Å²) in [7, 11) is 0. The van der Waals surface area contributed by atoms with Crippen LogP contribution in [0, 0.1) is 0 Å². The molecule has 6 nitrogen and oxygen atoms in total. The molecular weight excluding hydrogens is 350 g/mol. The van der Waals surface area contributed by atoms with Gasteiger partial charge in [0, 0.05) is 16.9 Å². The van der Waals surface area contributed by atoms with E-state index in [0.717, 1.165) is 27.4 Å². The Morgan fingerprint density at radius 1 is 1.42 bits per heavy atom. The van der Waals surface area contributed by atoms with Crippen LogP contribution in [0.3, 0.4) is 0 Å². The first kappa shape index (κ1) is 16.8. The Morgan fingerprint density at radius 2 is 2.27 bits per heavy atom. The summed E-state index contributed by atoms with van der Waals surface area (Å²) in [5.41, 5.74) is 0.798. The molecule has 26 heavy (non-hydrogen) atoms. The molecule has 3 heterocycles. The van der Waals surface area contributed by atoms with E-state index in [2.05, 4.69) is 10.3 Å². The van der Waals surface area contributed by atoms with E-state index in [0.29, 0.717) is 18.4 Å². The van der Waals surface area contributed by atoms with E-state index in [4.69, 9.17) is 4.74 Å². The van der Waals surface area contributed by atoms with Gasteiger partial charge in [0.25, 0.3) is 5.56 Å². The minimum absolute atomic E-state index is 0.0431. The molecule has 1 aromatic carbocycles. The Morgan fingerprint density at radius 3 is 3.12 bits per heavy atom. The zero-order valence-electron chi connectivity index (χ0n) is 14.4. The standard InChI is InChI=1S/C19H19N3O3S/c1-2-12-9-14-18(26-12)20-11-22(19(14)24)10-17(23)21-15-7-8-25-16-6-4-3-5-13(15)16/h3-6,9,11,15H,2,7-8,10H2,1H3,(H,21,23)/t15-/m1/s1. The summed E-state index contributed by atoms with van der Waals surface area (Å²) in [4.78, 5) is 31.3. The number of rotatable bonds is 4. The fourth-order valence-corrected chi connectivity index (χ4v) is 4.11. The van der Waals surface area contributed by atoms with Gasteiger partial charge in [0.05, 0.1) is 24.4 Å². The van der Waals surface area contributed by atoms with Gasteiger partial charge in [-0.25, -0.2) is 4.98 Å². The summed E-state index contributed by atoms with van der Waals surface area (Å²) < 4.78 is 6.99. The summed E-state index contributed by atoms with van der Waals surface area (Å²) in [5, 5.41) is 3.59.